The maximum absolute atomic E-state index is 12.2. The van der Waals surface area contributed by atoms with Crippen LogP contribution in [-0.4, -0.2) is 14.6 Å². The van der Waals surface area contributed by atoms with Crippen LogP contribution >= 0.6 is 0 Å². The van der Waals surface area contributed by atoms with E-state index in [0.29, 0.717) is 0 Å². The van der Waals surface area contributed by atoms with Gasteiger partial charge in [0.25, 0.3) is 0 Å². The molecule has 0 spiro atoms. The predicted molar refractivity (Wildman–Crippen MR) is 50.8 cm³/mol. The first-order valence-corrected chi connectivity index (χ1v) is 5.62. The Morgan fingerprint density at radius 3 is 1.88 bits per heavy atom. The zero-order chi connectivity index (χ0) is 12.6. The van der Waals surface area contributed by atoms with E-state index in [1.165, 1.54) is 0 Å². The maximum Gasteiger partial charge on any atom is 0.407 e. The van der Waals surface area contributed by atoms with Crippen LogP contribution in [0.25, 0.3) is 0 Å². The molecular weight excluding hydrogens is 245 g/mol. The third-order valence-electron chi connectivity index (χ3n) is 1.92. The highest BCUT2D eigenvalue weighted by molar-refractivity contribution is 7.89. The molecule has 0 saturated heterocycles. The molecule has 0 fully saturated rings. The van der Waals surface area contributed by atoms with Gasteiger partial charge in [-0.25, -0.2) is 13.6 Å². The van der Waals surface area contributed by atoms with Crippen molar-refractivity contribution in [2.45, 2.75) is 17.1 Å². The molecule has 0 amide bonds. The fourth-order valence-corrected chi connectivity index (χ4v) is 1.57. The number of rotatable bonds is 2. The molecule has 0 radical (unpaired) electrons. The molecule has 4 nitrogen and oxygen atoms in total. The highest BCUT2D eigenvalue weighted by atomic mass is 32.2. The van der Waals surface area contributed by atoms with Gasteiger partial charge in [-0.3, -0.25) is 0 Å². The van der Waals surface area contributed by atoms with Gasteiger partial charge in [0.15, 0.2) is 0 Å². The number of hydrogen-bond acceptors (Lipinski definition) is 3. The molecule has 0 unspecified atom stereocenters. The highest BCUT2D eigenvalue weighted by Crippen LogP contribution is 2.30. The standard InChI is InChI=1S/C8H9F3N2O2S/c9-8(10,11)7(12)5-1-3-6(4-2-5)16(13,14)15/h1-4,7H,12H2,(H2,13,14,15)/t7-/m0/s1. The number of alkyl halides is 3. The van der Waals surface area contributed by atoms with E-state index in [1.54, 1.807) is 0 Å². The van der Waals surface area contributed by atoms with Crippen molar-refractivity contribution in [1.29, 1.82) is 0 Å². The minimum Gasteiger partial charge on any atom is -0.316 e. The van der Waals surface area contributed by atoms with Gasteiger partial charge in [-0.2, -0.15) is 13.2 Å². The summed E-state index contributed by atoms with van der Waals surface area (Å²) >= 11 is 0. The van der Waals surface area contributed by atoms with E-state index >= 15 is 0 Å². The van der Waals surface area contributed by atoms with Gasteiger partial charge >= 0.3 is 6.18 Å². The second-order valence-electron chi connectivity index (χ2n) is 3.13. The summed E-state index contributed by atoms with van der Waals surface area (Å²) in [5.74, 6) is 0. The quantitative estimate of drug-likeness (QED) is 0.822. The van der Waals surface area contributed by atoms with Gasteiger partial charge in [0, 0.05) is 0 Å². The Hall–Kier alpha value is -1.12. The molecule has 0 aliphatic carbocycles. The van der Waals surface area contributed by atoms with Gasteiger partial charge in [-0.05, 0) is 17.7 Å². The van der Waals surface area contributed by atoms with Crippen molar-refractivity contribution in [2.75, 3.05) is 0 Å². The lowest BCUT2D eigenvalue weighted by Crippen LogP contribution is -2.28. The number of hydrogen-bond donors (Lipinski definition) is 2. The monoisotopic (exact) mass is 254 g/mol. The molecular formula is C8H9F3N2O2S. The van der Waals surface area contributed by atoms with E-state index in [9.17, 15) is 21.6 Å². The Bertz CT molecular complexity index is 467. The average Bonchev–Trinajstić information content (AvgIpc) is 2.14. The summed E-state index contributed by atoms with van der Waals surface area (Å²) in [6, 6.07) is 1.80. The molecule has 16 heavy (non-hydrogen) atoms. The predicted octanol–water partition coefficient (Wildman–Crippen LogP) is 0.896. The molecule has 0 bridgehead atoms. The van der Waals surface area contributed by atoms with E-state index < -0.39 is 22.2 Å². The topological polar surface area (TPSA) is 86.2 Å². The number of benzene rings is 1. The van der Waals surface area contributed by atoms with Gasteiger partial charge in [-0.1, -0.05) is 12.1 Å². The summed E-state index contributed by atoms with van der Waals surface area (Å²) in [6.07, 6.45) is -4.57. The van der Waals surface area contributed by atoms with Crippen molar-refractivity contribution in [1.82, 2.24) is 0 Å². The maximum atomic E-state index is 12.2. The summed E-state index contributed by atoms with van der Waals surface area (Å²) in [7, 11) is -3.90. The average molecular weight is 254 g/mol. The molecule has 8 heteroatoms. The van der Waals surface area contributed by atoms with Crippen molar-refractivity contribution in [3.8, 4) is 0 Å². The third kappa shape index (κ3) is 2.94. The van der Waals surface area contributed by atoms with Crippen LogP contribution in [0.15, 0.2) is 29.2 Å². The van der Waals surface area contributed by atoms with Gasteiger partial charge < -0.3 is 5.73 Å². The molecule has 0 aromatic heterocycles. The highest BCUT2D eigenvalue weighted by Gasteiger charge is 2.37. The van der Waals surface area contributed by atoms with Crippen LogP contribution < -0.4 is 10.9 Å². The lowest BCUT2D eigenvalue weighted by Gasteiger charge is -2.15. The summed E-state index contributed by atoms with van der Waals surface area (Å²) in [4.78, 5) is -0.259. The zero-order valence-electron chi connectivity index (χ0n) is 7.90. The van der Waals surface area contributed by atoms with Crippen molar-refractivity contribution < 1.29 is 21.6 Å². The van der Waals surface area contributed by atoms with Crippen molar-refractivity contribution in [2.24, 2.45) is 10.9 Å². The largest absolute Gasteiger partial charge is 0.407 e. The second kappa shape index (κ2) is 4.04. The Balaban J connectivity index is 3.05. The number of nitrogens with two attached hydrogens (primary N) is 2. The van der Waals surface area contributed by atoms with E-state index in [2.05, 4.69) is 0 Å². The molecule has 1 rings (SSSR count). The molecule has 1 aromatic rings. The lowest BCUT2D eigenvalue weighted by molar-refractivity contribution is -0.149. The van der Waals surface area contributed by atoms with Crippen LogP contribution in [0.4, 0.5) is 13.2 Å². The van der Waals surface area contributed by atoms with Gasteiger partial charge in [0.1, 0.15) is 6.04 Å². The summed E-state index contributed by atoms with van der Waals surface area (Å²) in [5.41, 5.74) is 4.70. The fraction of sp³-hybridized carbons (Fsp3) is 0.250. The molecule has 90 valence electrons. The lowest BCUT2D eigenvalue weighted by atomic mass is 10.1. The Morgan fingerprint density at radius 1 is 1.12 bits per heavy atom. The van der Waals surface area contributed by atoms with Gasteiger partial charge in [0.2, 0.25) is 10.0 Å². The number of primary sulfonamides is 1. The van der Waals surface area contributed by atoms with Crippen LogP contribution in [0, 0.1) is 0 Å². The Labute approximate surface area is 90.1 Å². The first kappa shape index (κ1) is 12.9. The van der Waals surface area contributed by atoms with E-state index in [4.69, 9.17) is 10.9 Å². The van der Waals surface area contributed by atoms with Crippen LogP contribution in [0.2, 0.25) is 0 Å². The molecule has 1 aromatic carbocycles. The summed E-state index contributed by atoms with van der Waals surface area (Å²) in [6.45, 7) is 0. The van der Waals surface area contributed by atoms with E-state index in [-0.39, 0.29) is 10.5 Å². The molecule has 4 N–H and O–H groups in total. The smallest absolute Gasteiger partial charge is 0.316 e. The van der Waals surface area contributed by atoms with Gasteiger partial charge in [-0.15, -0.1) is 0 Å². The summed E-state index contributed by atoms with van der Waals surface area (Å²) < 4.78 is 58.3. The van der Waals surface area contributed by atoms with Crippen LogP contribution in [0.1, 0.15) is 11.6 Å². The Kier molecular flexibility index (Phi) is 3.27. The number of halogens is 3. The molecule has 0 saturated carbocycles. The van der Waals surface area contributed by atoms with Crippen LogP contribution in [0.5, 0.6) is 0 Å². The first-order chi connectivity index (χ1) is 7.12. The van der Waals surface area contributed by atoms with Crippen LogP contribution in [-0.2, 0) is 10.0 Å². The molecule has 0 heterocycles. The van der Waals surface area contributed by atoms with E-state index in [1.807, 2.05) is 0 Å². The van der Waals surface area contributed by atoms with Crippen molar-refractivity contribution in [3.63, 3.8) is 0 Å². The fourth-order valence-electron chi connectivity index (χ4n) is 1.05. The SMILES string of the molecule is N[C@@H](c1ccc(S(N)(=O)=O)cc1)C(F)(F)F. The van der Waals surface area contributed by atoms with Gasteiger partial charge in [0.05, 0.1) is 4.90 Å². The minimum absolute atomic E-state index is 0.222. The summed E-state index contributed by atoms with van der Waals surface area (Å²) in [5, 5.41) is 4.79. The van der Waals surface area contributed by atoms with Crippen molar-refractivity contribution >= 4 is 10.0 Å². The Morgan fingerprint density at radius 2 is 1.56 bits per heavy atom. The molecule has 0 aliphatic heterocycles. The normalized spacial score (nSPS) is 14.8. The van der Waals surface area contributed by atoms with Crippen LogP contribution in [0.3, 0.4) is 0 Å². The first-order valence-electron chi connectivity index (χ1n) is 4.07. The second-order valence-corrected chi connectivity index (χ2v) is 4.69. The van der Waals surface area contributed by atoms with E-state index in [0.717, 1.165) is 24.3 Å². The van der Waals surface area contributed by atoms with Crippen molar-refractivity contribution in [3.05, 3.63) is 29.8 Å². The third-order valence-corrected chi connectivity index (χ3v) is 2.85. The molecule has 0 aliphatic rings. The minimum atomic E-state index is -4.57. The molecule has 1 atom stereocenters. The number of sulfonamides is 1. The zero-order valence-corrected chi connectivity index (χ0v) is 8.72.